The van der Waals surface area contributed by atoms with Gasteiger partial charge in [-0.25, -0.2) is 0 Å². The summed E-state index contributed by atoms with van der Waals surface area (Å²) in [7, 11) is 2.30. The SMILES string of the molecule is CN(CCCC1CCNC1)CC1CCC1. The fourth-order valence-corrected chi connectivity index (χ4v) is 2.82. The third kappa shape index (κ3) is 3.76. The van der Waals surface area contributed by atoms with Crippen LogP contribution in [0.4, 0.5) is 0 Å². The highest BCUT2D eigenvalue weighted by Gasteiger charge is 2.19. The summed E-state index contributed by atoms with van der Waals surface area (Å²) >= 11 is 0. The molecule has 1 unspecified atom stereocenters. The summed E-state index contributed by atoms with van der Waals surface area (Å²) in [6, 6.07) is 0. The van der Waals surface area contributed by atoms with Crippen LogP contribution >= 0.6 is 0 Å². The van der Waals surface area contributed by atoms with E-state index in [0.29, 0.717) is 0 Å². The molecule has 1 atom stereocenters. The first-order valence-corrected chi connectivity index (χ1v) is 6.74. The van der Waals surface area contributed by atoms with Crippen molar-refractivity contribution in [2.24, 2.45) is 11.8 Å². The van der Waals surface area contributed by atoms with E-state index in [1.807, 2.05) is 0 Å². The van der Waals surface area contributed by atoms with E-state index in [9.17, 15) is 0 Å². The van der Waals surface area contributed by atoms with Gasteiger partial charge in [0.2, 0.25) is 0 Å². The van der Waals surface area contributed by atoms with E-state index in [2.05, 4.69) is 17.3 Å². The van der Waals surface area contributed by atoms with E-state index in [1.54, 1.807) is 0 Å². The largest absolute Gasteiger partial charge is 0.316 e. The molecular weight excluding hydrogens is 184 g/mol. The Hall–Kier alpha value is -0.0800. The monoisotopic (exact) mass is 210 g/mol. The summed E-state index contributed by atoms with van der Waals surface area (Å²) in [6.07, 6.45) is 8.68. The number of nitrogens with zero attached hydrogens (tertiary/aromatic N) is 1. The maximum absolute atomic E-state index is 3.45. The fraction of sp³-hybridized carbons (Fsp3) is 1.00. The molecule has 1 N–H and O–H groups in total. The summed E-state index contributed by atoms with van der Waals surface area (Å²) in [4.78, 5) is 2.55. The fourth-order valence-electron chi connectivity index (χ4n) is 2.82. The maximum atomic E-state index is 3.45. The van der Waals surface area contributed by atoms with Crippen LogP contribution in [-0.4, -0.2) is 38.1 Å². The molecule has 0 aromatic carbocycles. The number of rotatable bonds is 6. The molecule has 0 bridgehead atoms. The Kier molecular flexibility index (Phi) is 4.45. The molecule has 0 amide bonds. The first kappa shape index (κ1) is 11.4. The molecule has 2 rings (SSSR count). The van der Waals surface area contributed by atoms with Gasteiger partial charge in [0.25, 0.3) is 0 Å². The van der Waals surface area contributed by atoms with Crippen molar-refractivity contribution < 1.29 is 0 Å². The molecule has 15 heavy (non-hydrogen) atoms. The molecule has 2 aliphatic rings. The van der Waals surface area contributed by atoms with E-state index in [4.69, 9.17) is 0 Å². The van der Waals surface area contributed by atoms with E-state index in [1.165, 1.54) is 64.7 Å². The lowest BCUT2D eigenvalue weighted by molar-refractivity contribution is 0.201. The number of hydrogen-bond donors (Lipinski definition) is 1. The lowest BCUT2D eigenvalue weighted by Gasteiger charge is -2.30. The van der Waals surface area contributed by atoms with Gasteiger partial charge in [0, 0.05) is 6.54 Å². The number of hydrogen-bond acceptors (Lipinski definition) is 2. The van der Waals surface area contributed by atoms with Gasteiger partial charge in [-0.05, 0) is 70.6 Å². The van der Waals surface area contributed by atoms with Crippen LogP contribution in [0, 0.1) is 11.8 Å². The van der Waals surface area contributed by atoms with E-state index in [0.717, 1.165) is 11.8 Å². The zero-order valence-electron chi connectivity index (χ0n) is 10.2. The van der Waals surface area contributed by atoms with Crippen molar-refractivity contribution in [3.63, 3.8) is 0 Å². The highest BCUT2D eigenvalue weighted by atomic mass is 15.1. The molecule has 0 aromatic heterocycles. The predicted molar refractivity (Wildman–Crippen MR) is 65.0 cm³/mol. The predicted octanol–water partition coefficient (Wildman–Crippen LogP) is 2.11. The van der Waals surface area contributed by atoms with Crippen molar-refractivity contribution in [1.29, 1.82) is 0 Å². The Balaban J connectivity index is 1.48. The van der Waals surface area contributed by atoms with Crippen molar-refractivity contribution >= 4 is 0 Å². The van der Waals surface area contributed by atoms with Crippen LogP contribution in [0.1, 0.15) is 38.5 Å². The van der Waals surface area contributed by atoms with Gasteiger partial charge in [-0.1, -0.05) is 6.42 Å². The summed E-state index contributed by atoms with van der Waals surface area (Å²) in [5.41, 5.74) is 0. The zero-order valence-corrected chi connectivity index (χ0v) is 10.2. The van der Waals surface area contributed by atoms with Crippen LogP contribution < -0.4 is 5.32 Å². The average Bonchev–Trinajstić information content (AvgIpc) is 2.64. The smallest absolute Gasteiger partial charge is 0.000661 e. The summed E-state index contributed by atoms with van der Waals surface area (Å²) in [5, 5.41) is 3.45. The van der Waals surface area contributed by atoms with Crippen molar-refractivity contribution in [1.82, 2.24) is 10.2 Å². The minimum atomic E-state index is 0.974. The molecule has 1 heterocycles. The normalized spacial score (nSPS) is 27.2. The molecule has 2 heteroatoms. The van der Waals surface area contributed by atoms with E-state index in [-0.39, 0.29) is 0 Å². The second-order valence-corrected chi connectivity index (χ2v) is 5.56. The molecular formula is C13H26N2. The standard InChI is InChI=1S/C13H26N2/c1-15(11-13-4-2-5-13)9-3-6-12-7-8-14-10-12/h12-14H,2-11H2,1H3. The Morgan fingerprint density at radius 1 is 1.20 bits per heavy atom. The molecule has 2 fully saturated rings. The minimum absolute atomic E-state index is 0.974. The second kappa shape index (κ2) is 5.86. The number of nitrogens with one attached hydrogen (secondary N) is 1. The van der Waals surface area contributed by atoms with Gasteiger partial charge in [-0.3, -0.25) is 0 Å². The first-order valence-electron chi connectivity index (χ1n) is 6.74. The van der Waals surface area contributed by atoms with Crippen molar-refractivity contribution in [2.45, 2.75) is 38.5 Å². The van der Waals surface area contributed by atoms with Gasteiger partial charge >= 0.3 is 0 Å². The van der Waals surface area contributed by atoms with Crippen LogP contribution in [-0.2, 0) is 0 Å². The Labute approximate surface area is 94.4 Å². The molecule has 1 aliphatic heterocycles. The third-order valence-corrected chi connectivity index (χ3v) is 4.11. The highest BCUT2D eigenvalue weighted by Crippen LogP contribution is 2.26. The molecule has 1 aliphatic carbocycles. The van der Waals surface area contributed by atoms with Crippen LogP contribution in [0.5, 0.6) is 0 Å². The first-order chi connectivity index (χ1) is 7.34. The van der Waals surface area contributed by atoms with Gasteiger partial charge in [0.1, 0.15) is 0 Å². The molecule has 0 radical (unpaired) electrons. The summed E-state index contributed by atoms with van der Waals surface area (Å²) < 4.78 is 0. The zero-order chi connectivity index (χ0) is 10.5. The van der Waals surface area contributed by atoms with Gasteiger partial charge in [-0.15, -0.1) is 0 Å². The lowest BCUT2D eigenvalue weighted by atomic mass is 9.85. The van der Waals surface area contributed by atoms with E-state index >= 15 is 0 Å². The van der Waals surface area contributed by atoms with Crippen LogP contribution in [0.2, 0.25) is 0 Å². The third-order valence-electron chi connectivity index (χ3n) is 4.11. The molecule has 1 saturated heterocycles. The Morgan fingerprint density at radius 2 is 2.07 bits per heavy atom. The minimum Gasteiger partial charge on any atom is -0.316 e. The van der Waals surface area contributed by atoms with Crippen molar-refractivity contribution in [3.8, 4) is 0 Å². The highest BCUT2D eigenvalue weighted by molar-refractivity contribution is 4.74. The van der Waals surface area contributed by atoms with Gasteiger partial charge < -0.3 is 10.2 Å². The van der Waals surface area contributed by atoms with Gasteiger partial charge in [0.15, 0.2) is 0 Å². The maximum Gasteiger partial charge on any atom is 0.000661 e. The summed E-state index contributed by atoms with van der Waals surface area (Å²) in [6.45, 7) is 5.19. The molecule has 1 saturated carbocycles. The van der Waals surface area contributed by atoms with Gasteiger partial charge in [-0.2, -0.15) is 0 Å². The Bertz CT molecular complexity index is 171. The van der Waals surface area contributed by atoms with Crippen molar-refractivity contribution in [3.05, 3.63) is 0 Å². The molecule has 2 nitrogen and oxygen atoms in total. The quantitative estimate of drug-likeness (QED) is 0.722. The summed E-state index contributed by atoms with van der Waals surface area (Å²) in [5.74, 6) is 2.00. The van der Waals surface area contributed by atoms with E-state index < -0.39 is 0 Å². The Morgan fingerprint density at radius 3 is 2.67 bits per heavy atom. The lowest BCUT2D eigenvalue weighted by Crippen LogP contribution is -2.30. The van der Waals surface area contributed by atoms with Crippen LogP contribution in [0.15, 0.2) is 0 Å². The molecule has 0 spiro atoms. The second-order valence-electron chi connectivity index (χ2n) is 5.56. The van der Waals surface area contributed by atoms with Gasteiger partial charge in [0.05, 0.1) is 0 Å². The average molecular weight is 210 g/mol. The molecule has 0 aromatic rings. The van der Waals surface area contributed by atoms with Crippen molar-refractivity contribution in [2.75, 3.05) is 33.2 Å². The van der Waals surface area contributed by atoms with Crippen LogP contribution in [0.3, 0.4) is 0 Å². The van der Waals surface area contributed by atoms with Crippen LogP contribution in [0.25, 0.3) is 0 Å². The topological polar surface area (TPSA) is 15.3 Å². The molecule has 88 valence electrons.